The highest BCUT2D eigenvalue weighted by atomic mass is 31.2. The number of aromatic nitrogens is 2. The maximum Gasteiger partial charge on any atom is 0.469 e. The van der Waals surface area contributed by atoms with E-state index in [2.05, 4.69) is 30.4 Å². The van der Waals surface area contributed by atoms with E-state index in [4.69, 9.17) is 9.79 Å². The first-order chi connectivity index (χ1) is 21.4. The molecule has 0 bridgehead atoms. The molecule has 0 aliphatic carbocycles. The number of carboxylic acid groups (broad SMARTS) is 1. The van der Waals surface area contributed by atoms with E-state index in [1.165, 1.54) is 24.3 Å². The highest BCUT2D eigenvalue weighted by Gasteiger charge is 2.37. The molecule has 258 valence electrons. The van der Waals surface area contributed by atoms with Crippen LogP contribution in [0.25, 0.3) is 0 Å². The van der Waals surface area contributed by atoms with Crippen LogP contribution in [-0.2, 0) is 44.3 Å². The van der Waals surface area contributed by atoms with Crippen molar-refractivity contribution < 1.29 is 57.9 Å². The second-order valence-corrected chi connectivity index (χ2v) is 12.5. The fourth-order valence-electron chi connectivity index (χ4n) is 4.86. The van der Waals surface area contributed by atoms with Crippen LogP contribution in [-0.4, -0.2) is 120 Å². The molecule has 1 fully saturated rings. The number of carbonyl (C=O) groups is 6. The summed E-state index contributed by atoms with van der Waals surface area (Å²) >= 11 is 0. The number of imidazole rings is 1. The Morgan fingerprint density at radius 3 is 2.15 bits per heavy atom. The Hall–Kier alpha value is -3.90. The van der Waals surface area contributed by atoms with Gasteiger partial charge in [-0.25, -0.2) is 14.3 Å². The summed E-state index contributed by atoms with van der Waals surface area (Å²) < 4.78 is 15.5. The van der Waals surface area contributed by atoms with Gasteiger partial charge >= 0.3 is 13.8 Å². The van der Waals surface area contributed by atoms with Crippen molar-refractivity contribution in [3.63, 3.8) is 0 Å². The average Bonchev–Trinajstić information content (AvgIpc) is 3.64. The van der Waals surface area contributed by atoms with Crippen LogP contribution in [0.3, 0.4) is 0 Å². The monoisotopic (exact) mass is 675 g/mol. The number of carbonyl (C=O) groups excluding carboxylic acids is 5. The minimum atomic E-state index is -5.13. The van der Waals surface area contributed by atoms with Crippen molar-refractivity contribution in [3.8, 4) is 0 Å². The number of H-pyrrole nitrogens is 1. The number of aliphatic hydroxyl groups excluding tert-OH is 1. The van der Waals surface area contributed by atoms with Crippen molar-refractivity contribution in [1.82, 2.24) is 36.1 Å². The van der Waals surface area contributed by atoms with E-state index in [-0.39, 0.29) is 24.7 Å². The van der Waals surface area contributed by atoms with Crippen LogP contribution in [0, 0.1) is 5.92 Å². The van der Waals surface area contributed by atoms with Crippen LogP contribution in [0.1, 0.15) is 52.7 Å². The molecule has 2 heterocycles. The molecule has 2 rings (SSSR count). The van der Waals surface area contributed by atoms with Gasteiger partial charge in [0.05, 0.1) is 19.0 Å². The highest BCUT2D eigenvalue weighted by Crippen LogP contribution is 2.38. The largest absolute Gasteiger partial charge is 0.480 e. The molecule has 1 aliphatic rings. The molecule has 0 spiro atoms. The van der Waals surface area contributed by atoms with Gasteiger partial charge in [0.2, 0.25) is 29.5 Å². The Morgan fingerprint density at radius 1 is 1.02 bits per heavy atom. The van der Waals surface area contributed by atoms with Gasteiger partial charge in [-0.15, -0.1) is 0 Å². The zero-order chi connectivity index (χ0) is 34.8. The number of rotatable bonds is 17. The smallest absolute Gasteiger partial charge is 0.469 e. The number of hydrogen-bond acceptors (Lipinski definition) is 10. The number of phosphoric ester groups is 1. The summed E-state index contributed by atoms with van der Waals surface area (Å²) in [6.45, 7) is 5.35. The molecule has 19 nitrogen and oxygen atoms in total. The Kier molecular flexibility index (Phi) is 14.3. The number of carboxylic acids is 1. The minimum Gasteiger partial charge on any atom is -0.480 e. The Balaban J connectivity index is 2.23. The van der Waals surface area contributed by atoms with Crippen molar-refractivity contribution in [2.24, 2.45) is 5.92 Å². The van der Waals surface area contributed by atoms with Crippen LogP contribution in [0.15, 0.2) is 12.5 Å². The van der Waals surface area contributed by atoms with Crippen LogP contribution in [0.4, 0.5) is 0 Å². The number of aliphatic hydroxyl groups is 1. The first-order valence-corrected chi connectivity index (χ1v) is 16.0. The summed E-state index contributed by atoms with van der Waals surface area (Å²) in [5, 5.41) is 28.7. The molecular formula is C26H42N7O12P. The zero-order valence-electron chi connectivity index (χ0n) is 25.8. The lowest BCUT2D eigenvalue weighted by Gasteiger charge is -2.28. The Bertz CT molecular complexity index is 1290. The van der Waals surface area contributed by atoms with Gasteiger partial charge in [0.1, 0.15) is 24.2 Å². The quantitative estimate of drug-likeness (QED) is 0.0775. The third-order valence-electron chi connectivity index (χ3n) is 7.06. The maximum absolute atomic E-state index is 13.5. The summed E-state index contributed by atoms with van der Waals surface area (Å²) in [6, 6.07) is -7.00. The topological polar surface area (TPSA) is 290 Å². The predicted molar refractivity (Wildman–Crippen MR) is 157 cm³/mol. The second kappa shape index (κ2) is 17.1. The fourth-order valence-corrected chi connectivity index (χ4v) is 5.42. The molecule has 1 aliphatic heterocycles. The molecule has 46 heavy (non-hydrogen) atoms. The molecule has 0 saturated carbocycles. The SMILES string of the molecule is CC(=O)N1CCC[C@H]1C(=O)N[C@@H](CC(C)C)C(=O)N[C@@H](Cc1cnc[nH]1)C(=O)N[C@@H](CO)C(=O)N[C@H](C(=O)O)[C@@H](C)OP(=O)(O)O. The van der Waals surface area contributed by atoms with Crippen LogP contribution < -0.4 is 21.3 Å². The average molecular weight is 676 g/mol. The van der Waals surface area contributed by atoms with Gasteiger partial charge in [0.15, 0.2) is 6.04 Å². The van der Waals surface area contributed by atoms with Crippen molar-refractivity contribution in [3.05, 3.63) is 18.2 Å². The van der Waals surface area contributed by atoms with Gasteiger partial charge in [0.25, 0.3) is 0 Å². The van der Waals surface area contributed by atoms with Crippen molar-refractivity contribution in [1.29, 1.82) is 0 Å². The summed E-state index contributed by atoms with van der Waals surface area (Å²) in [5.41, 5.74) is 0.396. The third kappa shape index (κ3) is 11.8. The number of nitrogens with one attached hydrogen (secondary N) is 5. The van der Waals surface area contributed by atoms with Crippen molar-refractivity contribution in [2.45, 2.75) is 89.7 Å². The Morgan fingerprint density at radius 2 is 1.63 bits per heavy atom. The molecule has 0 radical (unpaired) electrons. The molecule has 6 atom stereocenters. The lowest BCUT2D eigenvalue weighted by atomic mass is 10.0. The molecule has 1 saturated heterocycles. The Labute approximate surface area is 264 Å². The zero-order valence-corrected chi connectivity index (χ0v) is 26.7. The summed E-state index contributed by atoms with van der Waals surface area (Å²) in [5.74, 6) is -5.54. The lowest BCUT2D eigenvalue weighted by molar-refractivity contribution is -0.145. The third-order valence-corrected chi connectivity index (χ3v) is 7.67. The number of likely N-dealkylation sites (tertiary alicyclic amines) is 1. The van der Waals surface area contributed by atoms with E-state index < -0.39 is 80.3 Å². The molecule has 0 aromatic carbocycles. The maximum atomic E-state index is 13.5. The van der Waals surface area contributed by atoms with E-state index in [1.807, 2.05) is 19.2 Å². The van der Waals surface area contributed by atoms with Crippen LogP contribution >= 0.6 is 7.82 Å². The standard InChI is InChI=1S/C26H42N7O12P/c1-13(2)8-17(30-25(39)20-6-5-7-33(20)15(4)35)22(36)29-18(9-16-10-27-12-28-16)23(37)31-19(11-34)24(38)32-21(26(40)41)14(3)45-46(42,43)44/h10,12-14,17-21,34H,5-9,11H2,1-4H3,(H,27,28)(H,29,36)(H,30,39)(H,31,37)(H,32,38)(H,40,41)(H2,42,43,44)/t14-,17+,18+,19+,20+,21+/m1/s1. The number of phosphoric acid groups is 1. The molecule has 20 heteroatoms. The summed E-state index contributed by atoms with van der Waals surface area (Å²) in [6.07, 6.45) is 2.03. The van der Waals surface area contributed by atoms with Crippen LogP contribution in [0.5, 0.6) is 0 Å². The van der Waals surface area contributed by atoms with Crippen molar-refractivity contribution >= 4 is 43.3 Å². The first-order valence-electron chi connectivity index (χ1n) is 14.5. The number of aliphatic carboxylic acids is 1. The summed E-state index contributed by atoms with van der Waals surface area (Å²) in [7, 11) is -5.13. The van der Waals surface area contributed by atoms with Gasteiger partial charge in [-0.05, 0) is 32.1 Å². The van der Waals surface area contributed by atoms with E-state index in [0.717, 1.165) is 6.92 Å². The van der Waals surface area contributed by atoms with E-state index in [1.54, 1.807) is 0 Å². The molecule has 1 aromatic rings. The number of hydrogen-bond donors (Lipinski definition) is 9. The van der Waals surface area contributed by atoms with Gasteiger partial charge in [0, 0.05) is 31.8 Å². The number of nitrogens with zero attached hydrogens (tertiary/aromatic N) is 2. The van der Waals surface area contributed by atoms with E-state index in [9.17, 15) is 43.5 Å². The molecular weight excluding hydrogens is 633 g/mol. The lowest BCUT2D eigenvalue weighted by Crippen LogP contribution is -2.60. The first kappa shape index (κ1) is 38.3. The van der Waals surface area contributed by atoms with Gasteiger partial charge in [-0.1, -0.05) is 13.8 Å². The van der Waals surface area contributed by atoms with E-state index >= 15 is 0 Å². The van der Waals surface area contributed by atoms with Gasteiger partial charge < -0.3 is 51.2 Å². The van der Waals surface area contributed by atoms with Crippen molar-refractivity contribution in [2.75, 3.05) is 13.2 Å². The molecule has 1 aromatic heterocycles. The van der Waals surface area contributed by atoms with Crippen LogP contribution in [0.2, 0.25) is 0 Å². The van der Waals surface area contributed by atoms with Gasteiger partial charge in [-0.3, -0.25) is 28.5 Å². The predicted octanol–water partition coefficient (Wildman–Crippen LogP) is -2.48. The molecule has 9 N–H and O–H groups in total. The highest BCUT2D eigenvalue weighted by molar-refractivity contribution is 7.46. The minimum absolute atomic E-state index is 0.0787. The normalized spacial score (nSPS) is 18.2. The van der Waals surface area contributed by atoms with E-state index in [0.29, 0.717) is 25.1 Å². The fraction of sp³-hybridized carbons (Fsp3) is 0.654. The molecule has 5 amide bonds. The molecule has 0 unspecified atom stereocenters. The number of amides is 5. The van der Waals surface area contributed by atoms with Gasteiger partial charge in [-0.2, -0.15) is 0 Å². The number of aromatic amines is 1. The summed E-state index contributed by atoms with van der Waals surface area (Å²) in [4.78, 5) is 103. The second-order valence-electron chi connectivity index (χ2n) is 11.3.